The van der Waals surface area contributed by atoms with E-state index in [1.807, 2.05) is 0 Å². The van der Waals surface area contributed by atoms with Gasteiger partial charge in [0.1, 0.15) is 5.82 Å². The first-order valence-electron chi connectivity index (χ1n) is 3.80. The Morgan fingerprint density at radius 3 is 2.92 bits per heavy atom. The zero-order chi connectivity index (χ0) is 9.84. The monoisotopic (exact) mass is 185 g/mol. The molecule has 6 heteroatoms. The van der Waals surface area contributed by atoms with Crippen molar-refractivity contribution in [1.29, 1.82) is 0 Å². The Kier molecular flexibility index (Phi) is 2.86. The summed E-state index contributed by atoms with van der Waals surface area (Å²) in [7, 11) is 1.53. The van der Waals surface area contributed by atoms with Gasteiger partial charge in [-0.25, -0.2) is 4.79 Å². The smallest absolute Gasteiger partial charge is 0.329 e. The van der Waals surface area contributed by atoms with E-state index in [0.717, 1.165) is 0 Å². The molecular formula is C7H11N3O3. The third kappa shape index (κ3) is 2.19. The minimum Gasteiger partial charge on any atom is -0.395 e. The van der Waals surface area contributed by atoms with E-state index >= 15 is 0 Å². The summed E-state index contributed by atoms with van der Waals surface area (Å²) in [6.45, 7) is 0.248. The summed E-state index contributed by atoms with van der Waals surface area (Å²) < 4.78 is 1.26. The van der Waals surface area contributed by atoms with Gasteiger partial charge in [0.25, 0.3) is 5.56 Å². The molecule has 0 spiro atoms. The normalized spacial score (nSPS) is 10.0. The van der Waals surface area contributed by atoms with Gasteiger partial charge < -0.3 is 10.4 Å². The molecule has 1 aromatic heterocycles. The van der Waals surface area contributed by atoms with Crippen molar-refractivity contribution in [2.45, 2.75) is 0 Å². The molecular weight excluding hydrogens is 174 g/mol. The molecule has 0 aliphatic heterocycles. The number of hydrogen-bond acceptors (Lipinski definition) is 4. The fourth-order valence-electron chi connectivity index (χ4n) is 0.909. The molecule has 3 N–H and O–H groups in total. The van der Waals surface area contributed by atoms with Gasteiger partial charge in [-0.1, -0.05) is 0 Å². The van der Waals surface area contributed by atoms with Crippen LogP contribution in [-0.4, -0.2) is 27.8 Å². The fraction of sp³-hybridized carbons (Fsp3) is 0.429. The fourth-order valence-corrected chi connectivity index (χ4v) is 0.909. The zero-order valence-corrected chi connectivity index (χ0v) is 7.20. The summed E-state index contributed by atoms with van der Waals surface area (Å²) in [5.74, 6) is 0.391. The van der Waals surface area contributed by atoms with Gasteiger partial charge in [-0.05, 0) is 0 Å². The second-order valence-corrected chi connectivity index (χ2v) is 2.53. The molecule has 0 unspecified atom stereocenters. The van der Waals surface area contributed by atoms with E-state index in [-0.39, 0.29) is 6.61 Å². The third-order valence-electron chi connectivity index (χ3n) is 1.58. The van der Waals surface area contributed by atoms with Crippen molar-refractivity contribution in [2.24, 2.45) is 7.05 Å². The topological polar surface area (TPSA) is 87.1 Å². The Hall–Kier alpha value is -1.56. The lowest BCUT2D eigenvalue weighted by atomic mass is 10.5. The van der Waals surface area contributed by atoms with Crippen LogP contribution in [0.25, 0.3) is 0 Å². The van der Waals surface area contributed by atoms with E-state index in [9.17, 15) is 9.59 Å². The Morgan fingerprint density at radius 1 is 1.62 bits per heavy atom. The van der Waals surface area contributed by atoms with Crippen LogP contribution in [0.5, 0.6) is 0 Å². The summed E-state index contributed by atoms with van der Waals surface area (Å²) in [5.41, 5.74) is -0.934. The van der Waals surface area contributed by atoms with E-state index in [1.165, 1.54) is 17.7 Å². The Balaban J connectivity index is 3.06. The number of rotatable bonds is 3. The lowest BCUT2D eigenvalue weighted by Crippen LogP contribution is -2.30. The van der Waals surface area contributed by atoms with Crippen LogP contribution in [0.2, 0.25) is 0 Å². The average molecular weight is 185 g/mol. The van der Waals surface area contributed by atoms with Gasteiger partial charge >= 0.3 is 5.69 Å². The van der Waals surface area contributed by atoms with Crippen molar-refractivity contribution < 1.29 is 5.11 Å². The molecule has 0 aromatic carbocycles. The molecule has 6 nitrogen and oxygen atoms in total. The Bertz CT molecular complexity index is 393. The van der Waals surface area contributed by atoms with Crippen molar-refractivity contribution in [3.8, 4) is 0 Å². The van der Waals surface area contributed by atoms with Gasteiger partial charge in [-0.15, -0.1) is 0 Å². The Morgan fingerprint density at radius 2 is 2.31 bits per heavy atom. The molecule has 0 fully saturated rings. The van der Waals surface area contributed by atoms with Gasteiger partial charge in [-0.2, -0.15) is 0 Å². The summed E-state index contributed by atoms with van der Waals surface area (Å²) >= 11 is 0. The molecule has 1 rings (SSSR count). The van der Waals surface area contributed by atoms with Crippen molar-refractivity contribution >= 4 is 5.82 Å². The second kappa shape index (κ2) is 3.90. The maximum atomic E-state index is 11.0. The highest BCUT2D eigenvalue weighted by Crippen LogP contribution is 1.95. The molecule has 1 heterocycles. The predicted molar refractivity (Wildman–Crippen MR) is 47.9 cm³/mol. The van der Waals surface area contributed by atoms with Crippen molar-refractivity contribution in [1.82, 2.24) is 9.55 Å². The highest BCUT2D eigenvalue weighted by Gasteiger charge is 1.99. The van der Waals surface area contributed by atoms with Crippen LogP contribution >= 0.6 is 0 Å². The molecule has 72 valence electrons. The molecule has 0 aliphatic carbocycles. The van der Waals surface area contributed by atoms with Gasteiger partial charge in [0.15, 0.2) is 0 Å². The molecule has 0 bridgehead atoms. The molecule has 0 aliphatic rings. The molecule has 0 radical (unpaired) electrons. The van der Waals surface area contributed by atoms with Crippen molar-refractivity contribution in [3.63, 3.8) is 0 Å². The van der Waals surface area contributed by atoms with Gasteiger partial charge in [0.05, 0.1) is 6.61 Å². The summed E-state index contributed by atoms with van der Waals surface area (Å²) in [6.07, 6.45) is 0. The van der Waals surface area contributed by atoms with Crippen LogP contribution in [0.15, 0.2) is 15.7 Å². The molecule has 13 heavy (non-hydrogen) atoms. The number of anilines is 1. The maximum absolute atomic E-state index is 11.0. The van der Waals surface area contributed by atoms with Crippen molar-refractivity contribution in [2.75, 3.05) is 18.5 Å². The number of aromatic amines is 1. The highest BCUT2D eigenvalue weighted by atomic mass is 16.3. The number of H-pyrrole nitrogens is 1. The van der Waals surface area contributed by atoms with Crippen LogP contribution in [0, 0.1) is 0 Å². The number of hydrogen-bond donors (Lipinski definition) is 3. The quantitative estimate of drug-likeness (QED) is 0.533. The molecule has 1 aromatic rings. The average Bonchev–Trinajstić information content (AvgIpc) is 2.09. The number of nitrogens with zero attached hydrogens (tertiary/aromatic N) is 1. The van der Waals surface area contributed by atoms with Crippen LogP contribution in [0.4, 0.5) is 5.82 Å². The number of aromatic nitrogens is 2. The van der Waals surface area contributed by atoms with Crippen LogP contribution < -0.4 is 16.6 Å². The van der Waals surface area contributed by atoms with Gasteiger partial charge in [0.2, 0.25) is 0 Å². The van der Waals surface area contributed by atoms with Gasteiger partial charge in [-0.3, -0.25) is 14.3 Å². The lowest BCUT2D eigenvalue weighted by Gasteiger charge is -2.07. The third-order valence-corrected chi connectivity index (χ3v) is 1.58. The van der Waals surface area contributed by atoms with E-state index in [1.54, 1.807) is 0 Å². The maximum Gasteiger partial charge on any atom is 0.329 e. The van der Waals surface area contributed by atoms with Crippen LogP contribution in [0.1, 0.15) is 0 Å². The first kappa shape index (κ1) is 9.53. The van der Waals surface area contributed by atoms with Crippen LogP contribution in [0.3, 0.4) is 0 Å². The number of aliphatic hydroxyl groups excluding tert-OH is 1. The van der Waals surface area contributed by atoms with Crippen LogP contribution in [-0.2, 0) is 7.05 Å². The second-order valence-electron chi connectivity index (χ2n) is 2.53. The highest BCUT2D eigenvalue weighted by molar-refractivity contribution is 5.33. The number of nitrogens with one attached hydrogen (secondary N) is 2. The molecule has 0 saturated carbocycles. The molecule has 0 amide bonds. The standard InChI is InChI=1S/C7H11N3O3/c1-10-5(8-2-3-11)4-6(12)9-7(10)13/h4,8,11H,2-3H2,1H3,(H,9,12,13). The van der Waals surface area contributed by atoms with E-state index in [0.29, 0.717) is 12.4 Å². The lowest BCUT2D eigenvalue weighted by molar-refractivity contribution is 0.310. The summed E-state index contributed by atoms with van der Waals surface area (Å²) in [4.78, 5) is 24.0. The minimum atomic E-state index is -0.479. The SMILES string of the molecule is Cn1c(NCCO)cc(=O)[nH]c1=O. The largest absolute Gasteiger partial charge is 0.395 e. The first-order chi connectivity index (χ1) is 6.15. The van der Waals surface area contributed by atoms with Gasteiger partial charge in [0, 0.05) is 19.7 Å². The van der Waals surface area contributed by atoms with E-state index < -0.39 is 11.2 Å². The Labute approximate surface area is 73.8 Å². The first-order valence-corrected chi connectivity index (χ1v) is 3.80. The summed E-state index contributed by atoms with van der Waals surface area (Å²) in [6, 6.07) is 1.26. The van der Waals surface area contributed by atoms with Crippen molar-refractivity contribution in [3.05, 3.63) is 26.9 Å². The molecule has 0 saturated heterocycles. The molecule has 0 atom stereocenters. The number of aliphatic hydroxyl groups is 1. The minimum absolute atomic E-state index is 0.0546. The zero-order valence-electron chi connectivity index (χ0n) is 7.20. The summed E-state index contributed by atoms with van der Waals surface area (Å²) in [5, 5.41) is 11.3. The predicted octanol–water partition coefficient (Wildman–Crippen LogP) is -1.52. The van der Waals surface area contributed by atoms with E-state index in [2.05, 4.69) is 10.3 Å². The van der Waals surface area contributed by atoms with E-state index in [4.69, 9.17) is 5.11 Å².